The number of carbonyl (C=O) groups excluding carboxylic acids is 2. The smallest absolute Gasteiger partial charge is 0.254 e. The van der Waals surface area contributed by atoms with Crippen molar-refractivity contribution in [1.82, 2.24) is 15.1 Å². The van der Waals surface area contributed by atoms with Gasteiger partial charge in [-0.15, -0.1) is 11.3 Å². The molecule has 1 aromatic heterocycles. The Balaban J connectivity index is 1.49. The van der Waals surface area contributed by atoms with Crippen LogP contribution in [0.15, 0.2) is 72.1 Å². The van der Waals surface area contributed by atoms with Crippen LogP contribution in [0.25, 0.3) is 0 Å². The summed E-state index contributed by atoms with van der Waals surface area (Å²) < 4.78 is 5.31. The number of thiophene rings is 1. The lowest BCUT2D eigenvalue weighted by Crippen LogP contribution is -2.48. The van der Waals surface area contributed by atoms with Gasteiger partial charge in [-0.05, 0) is 48.9 Å². The van der Waals surface area contributed by atoms with Crippen molar-refractivity contribution >= 4 is 23.2 Å². The molecule has 7 heteroatoms. The number of benzene rings is 2. The van der Waals surface area contributed by atoms with Crippen LogP contribution in [0.4, 0.5) is 0 Å². The van der Waals surface area contributed by atoms with Crippen molar-refractivity contribution in [3.63, 3.8) is 0 Å². The lowest BCUT2D eigenvalue weighted by atomic mass is 9.81. The predicted molar refractivity (Wildman–Crippen MR) is 149 cm³/mol. The number of amides is 2. The van der Waals surface area contributed by atoms with Gasteiger partial charge in [0.15, 0.2) is 0 Å². The highest BCUT2D eigenvalue weighted by Gasteiger charge is 2.44. The van der Waals surface area contributed by atoms with Gasteiger partial charge < -0.3 is 15.0 Å². The molecule has 2 heterocycles. The van der Waals surface area contributed by atoms with Gasteiger partial charge in [0.1, 0.15) is 0 Å². The van der Waals surface area contributed by atoms with Gasteiger partial charge in [0.2, 0.25) is 5.91 Å². The molecule has 0 unspecified atom stereocenters. The number of hydrogen-bond acceptors (Lipinski definition) is 5. The molecule has 4 rings (SSSR count). The van der Waals surface area contributed by atoms with Crippen molar-refractivity contribution in [2.75, 3.05) is 33.4 Å². The largest absolute Gasteiger partial charge is 0.383 e. The van der Waals surface area contributed by atoms with Crippen molar-refractivity contribution in [3.05, 3.63) is 93.7 Å². The number of hydrogen-bond donors (Lipinski definition) is 1. The molecule has 0 saturated carbocycles. The Morgan fingerprint density at radius 2 is 1.84 bits per heavy atom. The van der Waals surface area contributed by atoms with E-state index in [-0.39, 0.29) is 17.9 Å². The first-order chi connectivity index (χ1) is 18.0. The molecule has 1 aliphatic rings. The molecule has 0 saturated heterocycles. The van der Waals surface area contributed by atoms with Crippen molar-refractivity contribution in [2.24, 2.45) is 0 Å². The molecular weight excluding hydrogens is 482 g/mol. The Hall–Kier alpha value is -3.00. The molecular formula is C30H37N3O3S. The van der Waals surface area contributed by atoms with Gasteiger partial charge in [0, 0.05) is 49.8 Å². The Kier molecular flexibility index (Phi) is 9.50. The van der Waals surface area contributed by atoms with Gasteiger partial charge in [-0.1, -0.05) is 54.6 Å². The zero-order chi connectivity index (χ0) is 26.2. The average molecular weight is 520 g/mol. The summed E-state index contributed by atoms with van der Waals surface area (Å²) in [5.74, 6) is -0.571. The van der Waals surface area contributed by atoms with Crippen molar-refractivity contribution in [1.29, 1.82) is 0 Å². The summed E-state index contributed by atoms with van der Waals surface area (Å²) in [5.41, 5.74) is 2.68. The topological polar surface area (TPSA) is 61.9 Å². The first kappa shape index (κ1) is 27.0. The summed E-state index contributed by atoms with van der Waals surface area (Å²) in [6.45, 7) is 7.61. The molecule has 196 valence electrons. The summed E-state index contributed by atoms with van der Waals surface area (Å²) >= 11 is 1.58. The van der Waals surface area contributed by atoms with Crippen LogP contribution < -0.4 is 5.32 Å². The lowest BCUT2D eigenvalue weighted by molar-refractivity contribution is -0.124. The third kappa shape index (κ3) is 6.47. The monoisotopic (exact) mass is 519 g/mol. The van der Waals surface area contributed by atoms with Crippen LogP contribution in [0, 0.1) is 0 Å². The van der Waals surface area contributed by atoms with Crippen LogP contribution in [0.3, 0.4) is 0 Å². The van der Waals surface area contributed by atoms with Crippen molar-refractivity contribution in [3.8, 4) is 0 Å². The SMILES string of the molecule is COCCN1C(=O)c2ccccc2[C@H](C(=O)NCCCN(Cc2ccccc2)C(C)C)[C@@H]1c1cccs1. The van der Waals surface area contributed by atoms with Gasteiger partial charge in [-0.3, -0.25) is 14.5 Å². The van der Waals surface area contributed by atoms with Crippen LogP contribution in [0.5, 0.6) is 0 Å². The first-order valence-corrected chi connectivity index (χ1v) is 13.9. The van der Waals surface area contributed by atoms with Crippen LogP contribution in [-0.4, -0.2) is 61.0 Å². The Labute approximate surface area is 224 Å². The highest BCUT2D eigenvalue weighted by molar-refractivity contribution is 7.10. The fraction of sp³-hybridized carbons (Fsp3) is 0.400. The highest BCUT2D eigenvalue weighted by Crippen LogP contribution is 2.44. The van der Waals surface area contributed by atoms with E-state index in [0.717, 1.165) is 30.0 Å². The summed E-state index contributed by atoms with van der Waals surface area (Å²) in [5, 5.41) is 5.20. The molecule has 2 aromatic carbocycles. The maximum absolute atomic E-state index is 13.8. The fourth-order valence-corrected chi connectivity index (χ4v) is 5.90. The molecule has 1 aliphatic heterocycles. The summed E-state index contributed by atoms with van der Waals surface area (Å²) in [4.78, 5) is 32.5. The zero-order valence-corrected chi connectivity index (χ0v) is 22.7. The molecule has 0 aliphatic carbocycles. The minimum absolute atomic E-state index is 0.0417. The average Bonchev–Trinajstić information content (AvgIpc) is 3.45. The normalized spacial score (nSPS) is 17.3. The molecule has 3 aromatic rings. The maximum atomic E-state index is 13.8. The van der Waals surface area contributed by atoms with E-state index >= 15 is 0 Å². The summed E-state index contributed by atoms with van der Waals surface area (Å²) in [7, 11) is 1.63. The van der Waals surface area contributed by atoms with Crippen molar-refractivity contribution in [2.45, 2.75) is 44.8 Å². The minimum Gasteiger partial charge on any atom is -0.383 e. The van der Waals surface area contributed by atoms with Gasteiger partial charge in [-0.25, -0.2) is 0 Å². The van der Waals surface area contributed by atoms with Crippen LogP contribution >= 0.6 is 11.3 Å². The second-order valence-corrected chi connectivity index (χ2v) is 10.7. The van der Waals surface area contributed by atoms with Crippen LogP contribution in [-0.2, 0) is 16.1 Å². The second-order valence-electron chi connectivity index (χ2n) is 9.71. The van der Waals surface area contributed by atoms with E-state index in [0.29, 0.717) is 31.3 Å². The number of rotatable bonds is 12. The number of nitrogens with one attached hydrogen (secondary N) is 1. The first-order valence-electron chi connectivity index (χ1n) is 13.0. The summed E-state index contributed by atoms with van der Waals surface area (Å²) in [6, 6.07) is 22.0. The number of carbonyl (C=O) groups is 2. The number of ether oxygens (including phenoxy) is 1. The number of nitrogens with zero attached hydrogens (tertiary/aromatic N) is 2. The van der Waals surface area contributed by atoms with E-state index in [2.05, 4.69) is 48.3 Å². The molecule has 37 heavy (non-hydrogen) atoms. The van der Waals surface area contributed by atoms with Gasteiger partial charge in [-0.2, -0.15) is 0 Å². The highest BCUT2D eigenvalue weighted by atomic mass is 32.1. The van der Waals surface area contributed by atoms with E-state index in [9.17, 15) is 9.59 Å². The molecule has 1 N–H and O–H groups in total. The summed E-state index contributed by atoms with van der Waals surface area (Å²) in [6.07, 6.45) is 0.848. The molecule has 6 nitrogen and oxygen atoms in total. The molecule has 2 atom stereocenters. The van der Waals surface area contributed by atoms with Crippen LogP contribution in [0.2, 0.25) is 0 Å². The zero-order valence-electron chi connectivity index (χ0n) is 21.9. The minimum atomic E-state index is -0.477. The molecule has 2 amide bonds. The quantitative estimate of drug-likeness (QED) is 0.339. The maximum Gasteiger partial charge on any atom is 0.254 e. The third-order valence-electron chi connectivity index (χ3n) is 6.97. The standard InChI is InChI=1S/C30H37N3O3S/c1-22(2)32(21-23-11-5-4-6-12-23)17-10-16-31-29(34)27-24-13-7-8-14-25(24)30(35)33(18-19-36-3)28(27)26-15-9-20-37-26/h4-9,11-15,20,22,27-28H,10,16-19,21H2,1-3H3,(H,31,34)/t27-,28-/m0/s1. The lowest BCUT2D eigenvalue weighted by Gasteiger charge is -2.41. The Bertz CT molecular complexity index is 1150. The van der Waals surface area contributed by atoms with Crippen LogP contribution in [0.1, 0.15) is 58.6 Å². The Morgan fingerprint density at radius 1 is 1.08 bits per heavy atom. The van der Waals surface area contributed by atoms with E-state index in [1.165, 1.54) is 5.56 Å². The Morgan fingerprint density at radius 3 is 2.54 bits per heavy atom. The fourth-order valence-electron chi connectivity index (χ4n) is 5.03. The van der Waals surface area contributed by atoms with E-state index in [4.69, 9.17) is 4.74 Å². The van der Waals surface area contributed by atoms with Crippen molar-refractivity contribution < 1.29 is 14.3 Å². The van der Waals surface area contributed by atoms with E-state index in [1.807, 2.05) is 52.7 Å². The number of fused-ring (bicyclic) bond motifs is 1. The van der Waals surface area contributed by atoms with E-state index in [1.54, 1.807) is 18.4 Å². The third-order valence-corrected chi connectivity index (χ3v) is 7.92. The number of methoxy groups -OCH3 is 1. The van der Waals surface area contributed by atoms with Gasteiger partial charge >= 0.3 is 0 Å². The molecule has 0 bridgehead atoms. The molecule has 0 radical (unpaired) electrons. The molecule has 0 fully saturated rings. The second kappa shape index (κ2) is 13.0. The predicted octanol–water partition coefficient (Wildman–Crippen LogP) is 5.09. The van der Waals surface area contributed by atoms with Gasteiger partial charge in [0.05, 0.1) is 18.6 Å². The molecule has 0 spiro atoms. The van der Waals surface area contributed by atoms with Gasteiger partial charge in [0.25, 0.3) is 5.91 Å². The van der Waals surface area contributed by atoms with E-state index < -0.39 is 5.92 Å².